The lowest BCUT2D eigenvalue weighted by atomic mass is 10.2. The topological polar surface area (TPSA) is 24.9 Å². The number of benzene rings is 1. The van der Waals surface area contributed by atoms with Crippen LogP contribution in [0.2, 0.25) is 10.0 Å². The lowest BCUT2D eigenvalue weighted by Gasteiger charge is -2.09. The van der Waals surface area contributed by atoms with E-state index in [1.165, 1.54) is 0 Å². The molecule has 1 aromatic heterocycles. The molecule has 1 heterocycles. The van der Waals surface area contributed by atoms with Crippen molar-refractivity contribution in [1.82, 2.24) is 10.3 Å². The van der Waals surface area contributed by atoms with Crippen LogP contribution in [0.15, 0.2) is 46.5 Å². The van der Waals surface area contributed by atoms with Crippen molar-refractivity contribution in [3.05, 3.63) is 52.1 Å². The van der Waals surface area contributed by atoms with Crippen LogP contribution in [0.4, 0.5) is 0 Å². The zero-order chi connectivity index (χ0) is 13.0. The average Bonchev–Trinajstić information content (AvgIpc) is 2.35. The quantitative estimate of drug-likeness (QED) is 0.913. The molecule has 0 aliphatic carbocycles. The highest BCUT2D eigenvalue weighted by Gasteiger charge is 2.08. The van der Waals surface area contributed by atoms with E-state index in [1.807, 2.05) is 37.4 Å². The molecule has 0 aliphatic rings. The van der Waals surface area contributed by atoms with E-state index < -0.39 is 0 Å². The van der Waals surface area contributed by atoms with Crippen molar-refractivity contribution in [2.45, 2.75) is 16.5 Å². The Kier molecular flexibility index (Phi) is 4.89. The van der Waals surface area contributed by atoms with Crippen LogP contribution < -0.4 is 5.32 Å². The number of hydrogen-bond donors (Lipinski definition) is 1. The Balaban J connectivity index is 2.31. The van der Waals surface area contributed by atoms with Crippen LogP contribution in [0, 0.1) is 0 Å². The van der Waals surface area contributed by atoms with Gasteiger partial charge in [-0.25, -0.2) is 4.98 Å². The number of rotatable bonds is 4. The summed E-state index contributed by atoms with van der Waals surface area (Å²) in [6, 6.07) is 9.48. The van der Waals surface area contributed by atoms with Gasteiger partial charge in [-0.1, -0.05) is 35.0 Å². The second kappa shape index (κ2) is 6.43. The van der Waals surface area contributed by atoms with Gasteiger partial charge in [0.1, 0.15) is 5.03 Å². The molecular formula is C13H12Cl2N2S. The van der Waals surface area contributed by atoms with Crippen LogP contribution in [0.3, 0.4) is 0 Å². The Morgan fingerprint density at radius 3 is 2.83 bits per heavy atom. The van der Waals surface area contributed by atoms with Crippen molar-refractivity contribution < 1.29 is 0 Å². The molecule has 1 aromatic carbocycles. The summed E-state index contributed by atoms with van der Waals surface area (Å²) >= 11 is 13.7. The van der Waals surface area contributed by atoms with Gasteiger partial charge in [0.2, 0.25) is 0 Å². The molecule has 0 radical (unpaired) electrons. The molecule has 1 N–H and O–H groups in total. The summed E-state index contributed by atoms with van der Waals surface area (Å²) in [6.07, 6.45) is 1.74. The minimum Gasteiger partial charge on any atom is -0.316 e. The molecule has 0 spiro atoms. The van der Waals surface area contributed by atoms with Crippen molar-refractivity contribution in [2.75, 3.05) is 7.05 Å². The highest BCUT2D eigenvalue weighted by atomic mass is 35.5. The molecule has 5 heteroatoms. The SMILES string of the molecule is CNCc1cc(Cl)ccc1Sc1ncccc1Cl. The van der Waals surface area contributed by atoms with E-state index in [0.29, 0.717) is 5.02 Å². The van der Waals surface area contributed by atoms with Crippen molar-refractivity contribution in [3.8, 4) is 0 Å². The predicted molar refractivity (Wildman–Crippen MR) is 77.6 cm³/mol. The van der Waals surface area contributed by atoms with Crippen molar-refractivity contribution >= 4 is 35.0 Å². The molecule has 2 nitrogen and oxygen atoms in total. The molecule has 0 fully saturated rings. The second-order valence-electron chi connectivity index (χ2n) is 3.67. The van der Waals surface area contributed by atoms with Gasteiger partial charge in [0.15, 0.2) is 0 Å². The molecule has 0 amide bonds. The fraction of sp³-hybridized carbons (Fsp3) is 0.154. The molecule has 94 valence electrons. The number of nitrogens with zero attached hydrogens (tertiary/aromatic N) is 1. The Hall–Kier alpha value is -0.740. The molecule has 0 saturated carbocycles. The molecule has 0 atom stereocenters. The van der Waals surface area contributed by atoms with Gasteiger partial charge in [-0.15, -0.1) is 0 Å². The van der Waals surface area contributed by atoms with Gasteiger partial charge in [0.25, 0.3) is 0 Å². The van der Waals surface area contributed by atoms with E-state index in [2.05, 4.69) is 10.3 Å². The lowest BCUT2D eigenvalue weighted by Crippen LogP contribution is -2.06. The van der Waals surface area contributed by atoms with Crippen molar-refractivity contribution in [2.24, 2.45) is 0 Å². The summed E-state index contributed by atoms with van der Waals surface area (Å²) in [5.41, 5.74) is 1.14. The summed E-state index contributed by atoms with van der Waals surface area (Å²) in [4.78, 5) is 5.38. The minimum absolute atomic E-state index is 0.660. The minimum atomic E-state index is 0.660. The van der Waals surface area contributed by atoms with Gasteiger partial charge < -0.3 is 5.32 Å². The normalized spacial score (nSPS) is 10.6. The molecular weight excluding hydrogens is 287 g/mol. The first-order valence-electron chi connectivity index (χ1n) is 5.42. The number of nitrogens with one attached hydrogen (secondary N) is 1. The fourth-order valence-electron chi connectivity index (χ4n) is 1.53. The van der Waals surface area contributed by atoms with E-state index in [-0.39, 0.29) is 0 Å². The summed E-state index contributed by atoms with van der Waals surface area (Å²) in [6.45, 7) is 0.757. The van der Waals surface area contributed by atoms with E-state index in [1.54, 1.807) is 18.0 Å². The van der Waals surface area contributed by atoms with Crippen LogP contribution in [0.25, 0.3) is 0 Å². The van der Waals surface area contributed by atoms with E-state index in [0.717, 1.165) is 27.1 Å². The van der Waals surface area contributed by atoms with Gasteiger partial charge in [-0.05, 0) is 42.9 Å². The highest BCUT2D eigenvalue weighted by Crippen LogP contribution is 2.34. The lowest BCUT2D eigenvalue weighted by molar-refractivity contribution is 0.803. The molecule has 18 heavy (non-hydrogen) atoms. The van der Waals surface area contributed by atoms with Crippen molar-refractivity contribution in [3.63, 3.8) is 0 Å². The average molecular weight is 299 g/mol. The Morgan fingerprint density at radius 2 is 2.11 bits per heavy atom. The van der Waals surface area contributed by atoms with Crippen LogP contribution in [0.5, 0.6) is 0 Å². The summed E-state index contributed by atoms with van der Waals surface area (Å²) < 4.78 is 0. The summed E-state index contributed by atoms with van der Waals surface area (Å²) in [5.74, 6) is 0. The van der Waals surface area contributed by atoms with Gasteiger partial charge in [-0.3, -0.25) is 0 Å². The maximum atomic E-state index is 6.11. The number of halogens is 2. The van der Waals surface area contributed by atoms with Crippen molar-refractivity contribution in [1.29, 1.82) is 0 Å². The summed E-state index contributed by atoms with van der Waals surface area (Å²) in [5, 5.41) is 5.32. The van der Waals surface area contributed by atoms with E-state index in [4.69, 9.17) is 23.2 Å². The molecule has 2 aromatic rings. The first kappa shape index (κ1) is 13.7. The smallest absolute Gasteiger partial charge is 0.119 e. The standard InChI is InChI=1S/C13H12Cl2N2S/c1-16-8-9-7-10(14)4-5-12(9)18-13-11(15)3-2-6-17-13/h2-7,16H,8H2,1H3. The van der Waals surface area contributed by atoms with Gasteiger partial charge in [-0.2, -0.15) is 0 Å². The molecule has 0 unspecified atom stereocenters. The van der Waals surface area contributed by atoms with Crippen LogP contribution >= 0.6 is 35.0 Å². The van der Waals surface area contributed by atoms with Gasteiger partial charge in [0.05, 0.1) is 5.02 Å². The van der Waals surface area contributed by atoms with Gasteiger partial charge >= 0.3 is 0 Å². The summed E-state index contributed by atoms with van der Waals surface area (Å²) in [7, 11) is 1.91. The third-order valence-electron chi connectivity index (χ3n) is 2.32. The molecule has 0 aliphatic heterocycles. The van der Waals surface area contributed by atoms with E-state index in [9.17, 15) is 0 Å². The Morgan fingerprint density at radius 1 is 1.28 bits per heavy atom. The largest absolute Gasteiger partial charge is 0.316 e. The zero-order valence-electron chi connectivity index (χ0n) is 9.78. The number of hydrogen-bond acceptors (Lipinski definition) is 3. The van der Waals surface area contributed by atoms with Crippen LogP contribution in [-0.2, 0) is 6.54 Å². The fourth-order valence-corrected chi connectivity index (χ4v) is 2.84. The Bertz CT molecular complexity index is 546. The predicted octanol–water partition coefficient (Wildman–Crippen LogP) is 4.26. The first-order valence-corrected chi connectivity index (χ1v) is 6.99. The number of pyridine rings is 1. The van der Waals surface area contributed by atoms with Crippen LogP contribution in [-0.4, -0.2) is 12.0 Å². The Labute approximate surface area is 121 Å². The second-order valence-corrected chi connectivity index (χ2v) is 5.55. The van der Waals surface area contributed by atoms with Gasteiger partial charge in [0, 0.05) is 22.7 Å². The monoisotopic (exact) mass is 298 g/mol. The third kappa shape index (κ3) is 3.39. The third-order valence-corrected chi connectivity index (χ3v) is 4.11. The maximum absolute atomic E-state index is 6.11. The highest BCUT2D eigenvalue weighted by molar-refractivity contribution is 7.99. The maximum Gasteiger partial charge on any atom is 0.119 e. The van der Waals surface area contributed by atoms with Crippen LogP contribution in [0.1, 0.15) is 5.56 Å². The molecule has 0 bridgehead atoms. The number of aromatic nitrogens is 1. The first-order chi connectivity index (χ1) is 8.70. The molecule has 2 rings (SSSR count). The molecule has 0 saturated heterocycles. The zero-order valence-corrected chi connectivity index (χ0v) is 12.1. The van der Waals surface area contributed by atoms with E-state index >= 15 is 0 Å².